The summed E-state index contributed by atoms with van der Waals surface area (Å²) in [5.41, 5.74) is 0. The molecule has 0 aliphatic heterocycles. The molecule has 1 atom stereocenters. The highest BCUT2D eigenvalue weighted by Gasteiger charge is 2.07. The summed E-state index contributed by atoms with van der Waals surface area (Å²) in [6.45, 7) is 0.521. The lowest BCUT2D eigenvalue weighted by Crippen LogP contribution is -2.46. The molecular weight excluding hydrogens is 128 g/mol. The third kappa shape index (κ3) is 5.54. The van der Waals surface area contributed by atoms with Crippen LogP contribution in [0.3, 0.4) is 0 Å². The van der Waals surface area contributed by atoms with Gasteiger partial charge in [-0.05, 0) is 0 Å². The number of nitriles is 1. The molecule has 0 aromatic heterocycles. The molecule has 0 heterocycles. The van der Waals surface area contributed by atoms with Crippen molar-refractivity contribution in [1.82, 2.24) is 0 Å². The second-order valence-electron chi connectivity index (χ2n) is 3.46. The van der Waals surface area contributed by atoms with Crippen molar-refractivity contribution in [3.05, 3.63) is 0 Å². The molecule has 3 nitrogen and oxygen atoms in total. The van der Waals surface area contributed by atoms with Gasteiger partial charge in [-0.1, -0.05) is 6.10 Å². The van der Waals surface area contributed by atoms with E-state index in [9.17, 15) is 5.11 Å². The van der Waals surface area contributed by atoms with Gasteiger partial charge in [0.25, 0.3) is 0 Å². The number of likely N-dealkylation sites (N-methyl/N-ethyl adjacent to an activating group) is 1. The van der Waals surface area contributed by atoms with E-state index in [1.807, 2.05) is 27.2 Å². The molecule has 0 amide bonds. The predicted molar refractivity (Wildman–Crippen MR) is 36.9 cm³/mol. The van der Waals surface area contributed by atoms with Crippen LogP contribution in [-0.4, -0.2) is 38.3 Å². The van der Waals surface area contributed by atoms with E-state index in [1.165, 1.54) is 0 Å². The lowest BCUT2D eigenvalue weighted by molar-refractivity contribution is -0.880. The summed E-state index contributed by atoms with van der Waals surface area (Å²) < 4.78 is 0.635. The zero-order valence-corrected chi connectivity index (χ0v) is 6.79. The summed E-state index contributed by atoms with van der Waals surface area (Å²) >= 11 is 0. The first kappa shape index (κ1) is 9.41. The molecule has 0 rings (SSSR count). The molecule has 0 fully saturated rings. The largest absolute Gasteiger partial charge is 0.847 e. The summed E-state index contributed by atoms with van der Waals surface area (Å²) in [5, 5.41) is 19.1. The van der Waals surface area contributed by atoms with E-state index in [0.29, 0.717) is 11.0 Å². The maximum absolute atomic E-state index is 10.9. The second-order valence-corrected chi connectivity index (χ2v) is 3.46. The third-order valence-electron chi connectivity index (χ3n) is 1.07. The highest BCUT2D eigenvalue weighted by Crippen LogP contribution is 1.94. The minimum Gasteiger partial charge on any atom is -0.847 e. The number of quaternary nitrogens is 1. The van der Waals surface area contributed by atoms with Crippen LogP contribution in [0.15, 0.2) is 0 Å². The van der Waals surface area contributed by atoms with Crippen LogP contribution in [0.1, 0.15) is 6.42 Å². The normalized spacial score (nSPS) is 14.3. The van der Waals surface area contributed by atoms with Gasteiger partial charge in [0.2, 0.25) is 0 Å². The monoisotopic (exact) mass is 142 g/mol. The summed E-state index contributed by atoms with van der Waals surface area (Å²) in [7, 11) is 5.84. The van der Waals surface area contributed by atoms with Crippen LogP contribution < -0.4 is 5.11 Å². The Bertz CT molecular complexity index is 132. The Morgan fingerprint density at radius 3 is 2.30 bits per heavy atom. The van der Waals surface area contributed by atoms with Crippen molar-refractivity contribution in [1.29, 1.82) is 5.26 Å². The second kappa shape index (κ2) is 3.55. The number of hydrogen-bond donors (Lipinski definition) is 0. The molecule has 0 aromatic carbocycles. The van der Waals surface area contributed by atoms with Crippen molar-refractivity contribution >= 4 is 0 Å². The van der Waals surface area contributed by atoms with Crippen LogP contribution in [0.2, 0.25) is 0 Å². The van der Waals surface area contributed by atoms with Crippen LogP contribution in [0.25, 0.3) is 0 Å². The quantitative estimate of drug-likeness (QED) is 0.491. The Morgan fingerprint density at radius 2 is 2.00 bits per heavy atom. The van der Waals surface area contributed by atoms with Crippen LogP contribution in [-0.2, 0) is 0 Å². The van der Waals surface area contributed by atoms with Crippen molar-refractivity contribution in [3.8, 4) is 6.07 Å². The van der Waals surface area contributed by atoms with Gasteiger partial charge >= 0.3 is 0 Å². The average molecular weight is 142 g/mol. The molecule has 1 unspecified atom stereocenters. The highest BCUT2D eigenvalue weighted by molar-refractivity contribution is 4.73. The first-order valence-electron chi connectivity index (χ1n) is 3.29. The van der Waals surface area contributed by atoms with Gasteiger partial charge in [-0.2, -0.15) is 5.26 Å². The maximum atomic E-state index is 10.9. The standard InChI is InChI=1S/C7H14N2O/c1-9(2,3)6-7(10)4-5-8/h7H,4,6H2,1-3H3. The molecule has 58 valence electrons. The van der Waals surface area contributed by atoms with Gasteiger partial charge in [-0.3, -0.25) is 0 Å². The smallest absolute Gasteiger partial charge is 0.0676 e. The Morgan fingerprint density at radius 1 is 1.50 bits per heavy atom. The summed E-state index contributed by atoms with van der Waals surface area (Å²) in [6.07, 6.45) is -0.611. The van der Waals surface area contributed by atoms with Gasteiger partial charge in [0, 0.05) is 6.42 Å². The van der Waals surface area contributed by atoms with Gasteiger partial charge in [0.05, 0.1) is 33.8 Å². The van der Waals surface area contributed by atoms with Crippen molar-refractivity contribution in [3.63, 3.8) is 0 Å². The first-order valence-corrected chi connectivity index (χ1v) is 3.29. The van der Waals surface area contributed by atoms with Crippen LogP contribution in [0, 0.1) is 11.3 Å². The molecule has 0 saturated heterocycles. The molecular formula is C7H14N2O. The molecule has 10 heavy (non-hydrogen) atoms. The zero-order valence-electron chi connectivity index (χ0n) is 6.79. The summed E-state index contributed by atoms with van der Waals surface area (Å²) in [4.78, 5) is 0. The molecule has 0 saturated carbocycles. The van der Waals surface area contributed by atoms with Gasteiger partial charge in [-0.25, -0.2) is 0 Å². The van der Waals surface area contributed by atoms with Gasteiger partial charge in [0.1, 0.15) is 0 Å². The Hall–Kier alpha value is -0.590. The minimum absolute atomic E-state index is 0.121. The molecule has 0 spiro atoms. The zero-order chi connectivity index (χ0) is 8.20. The van der Waals surface area contributed by atoms with Crippen molar-refractivity contribution in [2.24, 2.45) is 0 Å². The highest BCUT2D eigenvalue weighted by atomic mass is 16.3. The predicted octanol–water partition coefficient (Wildman–Crippen LogP) is -0.665. The van der Waals surface area contributed by atoms with E-state index in [-0.39, 0.29) is 6.42 Å². The fraction of sp³-hybridized carbons (Fsp3) is 0.857. The molecule has 0 N–H and O–H groups in total. The lowest BCUT2D eigenvalue weighted by Gasteiger charge is -2.31. The fourth-order valence-electron chi connectivity index (χ4n) is 0.777. The lowest BCUT2D eigenvalue weighted by atomic mass is 10.2. The van der Waals surface area contributed by atoms with E-state index in [2.05, 4.69) is 0 Å². The van der Waals surface area contributed by atoms with E-state index in [4.69, 9.17) is 5.26 Å². The van der Waals surface area contributed by atoms with Crippen LogP contribution in [0.4, 0.5) is 0 Å². The van der Waals surface area contributed by atoms with Gasteiger partial charge in [0.15, 0.2) is 0 Å². The van der Waals surface area contributed by atoms with Crippen molar-refractivity contribution < 1.29 is 9.59 Å². The van der Waals surface area contributed by atoms with E-state index in [1.54, 1.807) is 0 Å². The molecule has 3 heteroatoms. The van der Waals surface area contributed by atoms with Crippen LogP contribution in [0.5, 0.6) is 0 Å². The Balaban J connectivity index is 3.60. The van der Waals surface area contributed by atoms with Crippen LogP contribution >= 0.6 is 0 Å². The van der Waals surface area contributed by atoms with E-state index in [0.717, 1.165) is 0 Å². The molecule has 0 aliphatic carbocycles. The maximum Gasteiger partial charge on any atom is 0.0676 e. The van der Waals surface area contributed by atoms with Crippen molar-refractivity contribution in [2.45, 2.75) is 12.5 Å². The SMILES string of the molecule is C[N+](C)(C)CC([O-])CC#N. The molecule has 0 aliphatic rings. The van der Waals surface area contributed by atoms with Crippen molar-refractivity contribution in [2.75, 3.05) is 27.7 Å². The number of hydrogen-bond acceptors (Lipinski definition) is 2. The van der Waals surface area contributed by atoms with E-state index >= 15 is 0 Å². The first-order chi connectivity index (χ1) is 4.45. The number of rotatable bonds is 3. The summed E-state index contributed by atoms with van der Waals surface area (Å²) in [6, 6.07) is 1.87. The molecule has 0 radical (unpaired) electrons. The minimum atomic E-state index is -0.731. The average Bonchev–Trinajstić information content (AvgIpc) is 1.59. The number of nitrogens with zero attached hydrogens (tertiary/aromatic N) is 2. The molecule has 0 aromatic rings. The third-order valence-corrected chi connectivity index (χ3v) is 1.07. The van der Waals surface area contributed by atoms with Gasteiger partial charge < -0.3 is 9.59 Å². The van der Waals surface area contributed by atoms with Gasteiger partial charge in [-0.15, -0.1) is 0 Å². The fourth-order valence-corrected chi connectivity index (χ4v) is 0.777. The van der Waals surface area contributed by atoms with E-state index < -0.39 is 6.10 Å². The Labute approximate surface area is 62.1 Å². The summed E-state index contributed by atoms with van der Waals surface area (Å²) in [5.74, 6) is 0. The Kier molecular flexibility index (Phi) is 3.34. The topological polar surface area (TPSA) is 46.8 Å². The molecule has 0 bridgehead atoms.